The molecule has 0 spiro atoms. The first kappa shape index (κ1) is 8.51. The maximum atomic E-state index is 10.8. The van der Waals surface area contributed by atoms with Gasteiger partial charge in [-0.15, -0.1) is 0 Å². The molecule has 1 aliphatic carbocycles. The highest BCUT2D eigenvalue weighted by Gasteiger charge is 2.26. The first-order valence-electron chi connectivity index (χ1n) is 4.44. The van der Waals surface area contributed by atoms with Crippen molar-refractivity contribution in [3.63, 3.8) is 0 Å². The topological polar surface area (TPSA) is 17.1 Å². The first-order valence-corrected chi connectivity index (χ1v) is 4.44. The van der Waals surface area contributed by atoms with E-state index in [2.05, 4.69) is 19.1 Å². The van der Waals surface area contributed by atoms with E-state index in [-0.39, 0.29) is 5.41 Å². The van der Waals surface area contributed by atoms with E-state index in [1.807, 2.05) is 0 Å². The Bertz CT molecular complexity index is 148. The van der Waals surface area contributed by atoms with E-state index in [0.29, 0.717) is 0 Å². The molecule has 0 saturated heterocycles. The third-order valence-electron chi connectivity index (χ3n) is 2.74. The largest absolute Gasteiger partial charge is 0.303 e. The van der Waals surface area contributed by atoms with E-state index >= 15 is 0 Å². The molecule has 0 saturated carbocycles. The normalized spacial score (nSPS) is 22.6. The van der Waals surface area contributed by atoms with Gasteiger partial charge < -0.3 is 4.79 Å². The molecule has 62 valence electrons. The van der Waals surface area contributed by atoms with Crippen molar-refractivity contribution in [1.29, 1.82) is 0 Å². The van der Waals surface area contributed by atoms with Gasteiger partial charge in [-0.25, -0.2) is 0 Å². The van der Waals surface area contributed by atoms with Crippen molar-refractivity contribution < 1.29 is 4.79 Å². The summed E-state index contributed by atoms with van der Waals surface area (Å²) in [5.41, 5.74) is 0.00347. The molecule has 11 heavy (non-hydrogen) atoms. The van der Waals surface area contributed by atoms with Gasteiger partial charge in [-0.1, -0.05) is 19.1 Å². The summed E-state index contributed by atoms with van der Waals surface area (Å²) in [4.78, 5) is 10.8. The minimum Gasteiger partial charge on any atom is -0.303 e. The van der Waals surface area contributed by atoms with E-state index in [9.17, 15) is 4.79 Å². The summed E-state index contributed by atoms with van der Waals surface area (Å²) in [6.07, 6.45) is 10.8. The van der Waals surface area contributed by atoms with Gasteiger partial charge in [0.05, 0.1) is 0 Å². The average molecular weight is 152 g/mol. The van der Waals surface area contributed by atoms with Crippen molar-refractivity contribution in [2.75, 3.05) is 0 Å². The molecule has 1 heteroatoms. The molecular formula is C10H16O. The van der Waals surface area contributed by atoms with Gasteiger partial charge >= 0.3 is 0 Å². The van der Waals surface area contributed by atoms with Gasteiger partial charge in [-0.3, -0.25) is 0 Å². The molecule has 0 N–H and O–H groups in total. The Morgan fingerprint density at radius 3 is 2.27 bits per heavy atom. The lowest BCUT2D eigenvalue weighted by atomic mass is 9.79. The van der Waals surface area contributed by atoms with Crippen LogP contribution in [0.25, 0.3) is 0 Å². The predicted octanol–water partition coefficient (Wildman–Crippen LogP) is 2.71. The molecule has 0 amide bonds. The van der Waals surface area contributed by atoms with Gasteiger partial charge in [-0.2, -0.15) is 0 Å². The van der Waals surface area contributed by atoms with Crippen LogP contribution in [0.2, 0.25) is 0 Å². The zero-order valence-electron chi connectivity index (χ0n) is 7.18. The number of rotatable bonds is 2. The number of hydrogen-bond donors (Lipinski definition) is 0. The van der Waals surface area contributed by atoms with E-state index in [1.165, 1.54) is 6.29 Å². The number of aldehydes is 1. The van der Waals surface area contributed by atoms with Crippen molar-refractivity contribution in [3.05, 3.63) is 12.2 Å². The highest BCUT2D eigenvalue weighted by Crippen LogP contribution is 2.33. The maximum absolute atomic E-state index is 10.8. The molecule has 0 heterocycles. The second kappa shape index (κ2) is 3.70. The van der Waals surface area contributed by atoms with Crippen LogP contribution < -0.4 is 0 Å². The highest BCUT2D eigenvalue weighted by molar-refractivity contribution is 5.59. The van der Waals surface area contributed by atoms with Crippen LogP contribution in [0.3, 0.4) is 0 Å². The van der Waals surface area contributed by atoms with Gasteiger partial charge in [0.2, 0.25) is 0 Å². The quantitative estimate of drug-likeness (QED) is 0.439. The molecule has 1 aliphatic rings. The monoisotopic (exact) mass is 152 g/mol. The van der Waals surface area contributed by atoms with Gasteiger partial charge in [0.25, 0.3) is 0 Å². The third kappa shape index (κ3) is 1.92. The summed E-state index contributed by atoms with van der Waals surface area (Å²) in [5.74, 6) is 0. The minimum absolute atomic E-state index is 0.00347. The van der Waals surface area contributed by atoms with Crippen molar-refractivity contribution >= 4 is 6.29 Å². The second-order valence-electron chi connectivity index (χ2n) is 3.38. The van der Waals surface area contributed by atoms with Crippen LogP contribution in [0.5, 0.6) is 0 Å². The number of carbonyl (C=O) groups is 1. The summed E-state index contributed by atoms with van der Waals surface area (Å²) in [6.45, 7) is 2.11. The molecule has 0 aromatic carbocycles. The summed E-state index contributed by atoms with van der Waals surface area (Å²) in [7, 11) is 0. The fourth-order valence-corrected chi connectivity index (χ4v) is 1.66. The van der Waals surface area contributed by atoms with Crippen LogP contribution in [-0.4, -0.2) is 6.29 Å². The lowest BCUT2D eigenvalue weighted by Gasteiger charge is -2.23. The molecular weight excluding hydrogens is 136 g/mol. The third-order valence-corrected chi connectivity index (χ3v) is 2.74. The molecule has 1 nitrogen and oxygen atoms in total. The molecule has 0 fully saturated rings. The summed E-state index contributed by atoms with van der Waals surface area (Å²) < 4.78 is 0. The van der Waals surface area contributed by atoms with Crippen molar-refractivity contribution in [1.82, 2.24) is 0 Å². The molecule has 0 aromatic heterocycles. The van der Waals surface area contributed by atoms with Gasteiger partial charge in [0.15, 0.2) is 0 Å². The van der Waals surface area contributed by atoms with Crippen LogP contribution in [-0.2, 0) is 4.79 Å². The summed E-state index contributed by atoms with van der Waals surface area (Å²) >= 11 is 0. The van der Waals surface area contributed by atoms with Gasteiger partial charge in [-0.05, 0) is 32.1 Å². The van der Waals surface area contributed by atoms with Gasteiger partial charge in [0, 0.05) is 5.41 Å². The van der Waals surface area contributed by atoms with Crippen LogP contribution in [0.4, 0.5) is 0 Å². The molecule has 0 unspecified atom stereocenters. The fraction of sp³-hybridized carbons (Fsp3) is 0.700. The van der Waals surface area contributed by atoms with E-state index in [0.717, 1.165) is 32.1 Å². The van der Waals surface area contributed by atoms with E-state index in [4.69, 9.17) is 0 Å². The minimum atomic E-state index is 0.00347. The average Bonchev–Trinajstić information content (AvgIpc) is 2.30. The Balaban J connectivity index is 2.60. The Labute approximate surface area is 68.5 Å². The van der Waals surface area contributed by atoms with Crippen molar-refractivity contribution in [3.8, 4) is 0 Å². The Kier molecular flexibility index (Phi) is 2.86. The highest BCUT2D eigenvalue weighted by atomic mass is 16.1. The lowest BCUT2D eigenvalue weighted by molar-refractivity contribution is -0.117. The summed E-state index contributed by atoms with van der Waals surface area (Å²) in [5, 5.41) is 0. The molecule has 0 aliphatic heterocycles. The fourth-order valence-electron chi connectivity index (χ4n) is 1.66. The van der Waals surface area contributed by atoms with Crippen LogP contribution >= 0.6 is 0 Å². The SMILES string of the molecule is CCC1(C=O)CCC=CCC1. The molecule has 0 atom stereocenters. The zero-order chi connectivity index (χ0) is 8.16. The van der Waals surface area contributed by atoms with Crippen molar-refractivity contribution in [2.45, 2.75) is 39.0 Å². The smallest absolute Gasteiger partial charge is 0.126 e. The van der Waals surface area contributed by atoms with Crippen LogP contribution in [0.15, 0.2) is 12.2 Å². The molecule has 0 bridgehead atoms. The first-order chi connectivity index (χ1) is 5.33. The molecule has 0 radical (unpaired) electrons. The maximum Gasteiger partial charge on any atom is 0.126 e. The number of carbonyl (C=O) groups excluding carboxylic acids is 1. The lowest BCUT2D eigenvalue weighted by Crippen LogP contribution is -2.20. The van der Waals surface area contributed by atoms with Crippen LogP contribution in [0.1, 0.15) is 39.0 Å². The standard InChI is InChI=1S/C10H16O/c1-2-10(9-11)7-5-3-4-6-8-10/h3-4,9H,2,5-8H2,1H3. The molecule has 1 rings (SSSR count). The second-order valence-corrected chi connectivity index (χ2v) is 3.38. The van der Waals surface area contributed by atoms with E-state index in [1.54, 1.807) is 0 Å². The molecule has 0 aromatic rings. The zero-order valence-corrected chi connectivity index (χ0v) is 7.18. The predicted molar refractivity (Wildman–Crippen MR) is 46.4 cm³/mol. The number of hydrogen-bond acceptors (Lipinski definition) is 1. The Morgan fingerprint density at radius 2 is 1.91 bits per heavy atom. The Morgan fingerprint density at radius 1 is 1.36 bits per heavy atom. The van der Waals surface area contributed by atoms with E-state index < -0.39 is 0 Å². The van der Waals surface area contributed by atoms with Crippen LogP contribution in [0, 0.1) is 5.41 Å². The van der Waals surface area contributed by atoms with Gasteiger partial charge in [0.1, 0.15) is 6.29 Å². The van der Waals surface area contributed by atoms with Crippen molar-refractivity contribution in [2.24, 2.45) is 5.41 Å². The summed E-state index contributed by atoms with van der Waals surface area (Å²) in [6, 6.07) is 0. The number of allylic oxidation sites excluding steroid dienone is 2. The Hall–Kier alpha value is -0.590.